The van der Waals surface area contributed by atoms with Gasteiger partial charge in [-0.1, -0.05) is 23.7 Å². The molecule has 1 saturated heterocycles. The van der Waals surface area contributed by atoms with Gasteiger partial charge in [-0.15, -0.1) is 24.0 Å². The summed E-state index contributed by atoms with van der Waals surface area (Å²) in [7, 11) is 1.80. The molecule has 1 aromatic carbocycles. The first-order valence-electron chi connectivity index (χ1n) is 8.45. The number of hydrogen-bond acceptors (Lipinski definition) is 3. The Bertz CT molecular complexity index is 539. The van der Waals surface area contributed by atoms with Crippen LogP contribution in [0.4, 0.5) is 0 Å². The fraction of sp³-hybridized carbons (Fsp3) is 0.611. The lowest BCUT2D eigenvalue weighted by molar-refractivity contribution is 0.0170. The highest BCUT2D eigenvalue weighted by atomic mass is 127. The zero-order valence-corrected chi connectivity index (χ0v) is 18.6. The standard InChI is InChI=1S/C18H29ClN4O.HI/c1-18(2,3)22-17(20-4)21-13-16(23-9-11-24-12-10-23)14-5-7-15(19)8-6-14;/h5-8,16H,9-13H2,1-4H3,(H2,20,21,22);1H. The van der Waals surface area contributed by atoms with Gasteiger partial charge in [0.15, 0.2) is 5.96 Å². The van der Waals surface area contributed by atoms with Gasteiger partial charge in [-0.05, 0) is 38.5 Å². The van der Waals surface area contributed by atoms with E-state index >= 15 is 0 Å². The number of halogens is 2. The normalized spacial score (nSPS) is 17.6. The quantitative estimate of drug-likeness (QED) is 0.394. The zero-order chi connectivity index (χ0) is 17.6. The van der Waals surface area contributed by atoms with E-state index in [1.54, 1.807) is 7.05 Å². The van der Waals surface area contributed by atoms with Gasteiger partial charge in [0.1, 0.15) is 0 Å². The first kappa shape index (κ1) is 22.5. The van der Waals surface area contributed by atoms with Crippen molar-refractivity contribution in [3.8, 4) is 0 Å². The Labute approximate surface area is 173 Å². The van der Waals surface area contributed by atoms with E-state index in [0.29, 0.717) is 0 Å². The average molecular weight is 481 g/mol. The number of ether oxygens (including phenoxy) is 1. The first-order valence-corrected chi connectivity index (χ1v) is 8.83. The molecule has 25 heavy (non-hydrogen) atoms. The largest absolute Gasteiger partial charge is 0.379 e. The van der Waals surface area contributed by atoms with Gasteiger partial charge in [0.05, 0.1) is 19.3 Å². The van der Waals surface area contributed by atoms with E-state index in [2.05, 4.69) is 53.4 Å². The molecule has 0 aromatic heterocycles. The summed E-state index contributed by atoms with van der Waals surface area (Å²) in [4.78, 5) is 6.78. The van der Waals surface area contributed by atoms with Crippen LogP contribution >= 0.6 is 35.6 Å². The van der Waals surface area contributed by atoms with Gasteiger partial charge < -0.3 is 15.4 Å². The van der Waals surface area contributed by atoms with Crippen molar-refractivity contribution in [1.82, 2.24) is 15.5 Å². The van der Waals surface area contributed by atoms with Gasteiger partial charge in [-0.25, -0.2) is 0 Å². The van der Waals surface area contributed by atoms with E-state index in [9.17, 15) is 0 Å². The Morgan fingerprint density at radius 2 is 1.84 bits per heavy atom. The predicted octanol–water partition coefficient (Wildman–Crippen LogP) is 3.29. The number of rotatable bonds is 4. The smallest absolute Gasteiger partial charge is 0.191 e. The Kier molecular flexibility index (Phi) is 9.48. The highest BCUT2D eigenvalue weighted by molar-refractivity contribution is 14.0. The molecule has 2 N–H and O–H groups in total. The van der Waals surface area contributed by atoms with Gasteiger partial charge in [0.25, 0.3) is 0 Å². The van der Waals surface area contributed by atoms with Crippen LogP contribution in [0, 0.1) is 0 Å². The first-order chi connectivity index (χ1) is 11.4. The summed E-state index contributed by atoms with van der Waals surface area (Å²) < 4.78 is 5.50. The van der Waals surface area contributed by atoms with Crippen molar-refractivity contribution >= 4 is 41.5 Å². The minimum absolute atomic E-state index is 0. The number of nitrogens with one attached hydrogen (secondary N) is 2. The monoisotopic (exact) mass is 480 g/mol. The third kappa shape index (κ3) is 7.68. The Morgan fingerprint density at radius 3 is 2.36 bits per heavy atom. The minimum atomic E-state index is -0.0312. The van der Waals surface area contributed by atoms with Crippen molar-refractivity contribution in [2.45, 2.75) is 32.4 Å². The van der Waals surface area contributed by atoms with Gasteiger partial charge in [-0.3, -0.25) is 9.89 Å². The van der Waals surface area contributed by atoms with Crippen LogP contribution in [0.1, 0.15) is 32.4 Å². The van der Waals surface area contributed by atoms with Crippen LogP contribution in [0.2, 0.25) is 5.02 Å². The van der Waals surface area contributed by atoms with Crippen LogP contribution in [0.25, 0.3) is 0 Å². The van der Waals surface area contributed by atoms with E-state index in [-0.39, 0.29) is 35.6 Å². The maximum Gasteiger partial charge on any atom is 0.191 e. The molecule has 1 aliphatic heterocycles. The Morgan fingerprint density at radius 1 is 1.24 bits per heavy atom. The van der Waals surface area contributed by atoms with Crippen LogP contribution < -0.4 is 10.6 Å². The second-order valence-corrected chi connectivity index (χ2v) is 7.48. The Hall–Kier alpha value is -0.570. The lowest BCUT2D eigenvalue weighted by atomic mass is 10.0. The molecule has 142 valence electrons. The molecule has 0 amide bonds. The summed E-state index contributed by atoms with van der Waals surface area (Å²) in [5, 5.41) is 7.62. The van der Waals surface area contributed by atoms with Crippen molar-refractivity contribution in [2.24, 2.45) is 4.99 Å². The highest BCUT2D eigenvalue weighted by Crippen LogP contribution is 2.23. The van der Waals surface area contributed by atoms with Crippen molar-refractivity contribution in [3.05, 3.63) is 34.9 Å². The summed E-state index contributed by atoms with van der Waals surface area (Å²) in [6.45, 7) is 10.6. The van der Waals surface area contributed by atoms with E-state index < -0.39 is 0 Å². The zero-order valence-electron chi connectivity index (χ0n) is 15.5. The summed E-state index contributed by atoms with van der Waals surface area (Å²) in [6, 6.07) is 8.36. The molecule has 0 spiro atoms. The molecule has 0 bridgehead atoms. The molecule has 0 radical (unpaired) electrons. The van der Waals surface area contributed by atoms with Crippen molar-refractivity contribution in [1.29, 1.82) is 0 Å². The minimum Gasteiger partial charge on any atom is -0.379 e. The van der Waals surface area contributed by atoms with E-state index in [1.165, 1.54) is 5.56 Å². The van der Waals surface area contributed by atoms with Gasteiger partial charge in [-0.2, -0.15) is 0 Å². The summed E-state index contributed by atoms with van der Waals surface area (Å²) >= 11 is 6.05. The van der Waals surface area contributed by atoms with Crippen molar-refractivity contribution < 1.29 is 4.74 Å². The maximum atomic E-state index is 6.05. The number of guanidine groups is 1. The van der Waals surface area contributed by atoms with E-state index in [4.69, 9.17) is 16.3 Å². The molecule has 1 unspecified atom stereocenters. The maximum absolute atomic E-state index is 6.05. The van der Waals surface area contributed by atoms with Gasteiger partial charge in [0.2, 0.25) is 0 Å². The number of benzene rings is 1. The summed E-state index contributed by atoms with van der Waals surface area (Å²) in [5.74, 6) is 0.815. The number of hydrogen-bond donors (Lipinski definition) is 2. The van der Waals surface area contributed by atoms with Crippen LogP contribution in [-0.4, -0.2) is 56.3 Å². The number of aliphatic imine (C=N–C) groups is 1. The van der Waals surface area contributed by atoms with Gasteiger partial charge >= 0.3 is 0 Å². The van der Waals surface area contributed by atoms with Crippen LogP contribution in [0.5, 0.6) is 0 Å². The fourth-order valence-corrected chi connectivity index (χ4v) is 2.89. The molecular weight excluding hydrogens is 451 g/mol. The molecule has 0 saturated carbocycles. The molecule has 0 aliphatic carbocycles. The lowest BCUT2D eigenvalue weighted by Crippen LogP contribution is -2.50. The van der Waals surface area contributed by atoms with Crippen LogP contribution in [0.3, 0.4) is 0 Å². The van der Waals surface area contributed by atoms with Crippen molar-refractivity contribution in [2.75, 3.05) is 39.9 Å². The molecule has 5 nitrogen and oxygen atoms in total. The molecule has 7 heteroatoms. The average Bonchev–Trinajstić information content (AvgIpc) is 2.55. The SMILES string of the molecule is CN=C(NCC(c1ccc(Cl)cc1)N1CCOCC1)NC(C)(C)C.I. The van der Waals surface area contributed by atoms with Crippen LogP contribution in [-0.2, 0) is 4.74 Å². The van der Waals surface area contributed by atoms with E-state index in [0.717, 1.165) is 43.8 Å². The second-order valence-electron chi connectivity index (χ2n) is 7.04. The van der Waals surface area contributed by atoms with Crippen molar-refractivity contribution in [3.63, 3.8) is 0 Å². The molecule has 1 fully saturated rings. The van der Waals surface area contributed by atoms with Crippen LogP contribution in [0.15, 0.2) is 29.3 Å². The number of nitrogens with zero attached hydrogens (tertiary/aromatic N) is 2. The second kappa shape index (κ2) is 10.5. The Balaban J connectivity index is 0.00000312. The molecule has 1 aliphatic rings. The molecular formula is C18H30ClIN4O. The molecule has 1 atom stereocenters. The summed E-state index contributed by atoms with van der Waals surface area (Å²) in [6.07, 6.45) is 0. The lowest BCUT2D eigenvalue weighted by Gasteiger charge is -2.35. The number of morpholine rings is 1. The third-order valence-electron chi connectivity index (χ3n) is 3.92. The third-order valence-corrected chi connectivity index (χ3v) is 4.17. The topological polar surface area (TPSA) is 48.9 Å². The molecule has 2 rings (SSSR count). The molecule has 1 heterocycles. The molecule has 1 aromatic rings. The van der Waals surface area contributed by atoms with E-state index in [1.807, 2.05) is 12.1 Å². The fourth-order valence-electron chi connectivity index (χ4n) is 2.76. The highest BCUT2D eigenvalue weighted by Gasteiger charge is 2.23. The predicted molar refractivity (Wildman–Crippen MR) is 116 cm³/mol. The summed E-state index contributed by atoms with van der Waals surface area (Å²) in [5.41, 5.74) is 1.22. The van der Waals surface area contributed by atoms with Gasteiger partial charge in [0, 0.05) is 37.2 Å².